The van der Waals surface area contributed by atoms with Gasteiger partial charge in [-0.2, -0.15) is 0 Å². The molecule has 5 atom stereocenters. The Hall–Kier alpha value is -2.77. The Morgan fingerprint density at radius 3 is 2.75 bits per heavy atom. The van der Waals surface area contributed by atoms with E-state index in [0.717, 1.165) is 42.1 Å². The molecule has 0 radical (unpaired) electrons. The van der Waals surface area contributed by atoms with Gasteiger partial charge in [-0.25, -0.2) is 0 Å². The first-order valence-electron chi connectivity index (χ1n) is 13.2. The van der Waals surface area contributed by atoms with Crippen LogP contribution < -0.4 is 4.74 Å². The highest BCUT2D eigenvalue weighted by molar-refractivity contribution is 5.91. The van der Waals surface area contributed by atoms with Crippen LogP contribution in [0.1, 0.15) is 56.2 Å². The monoisotopic (exact) mass is 492 g/mol. The number of rotatable bonds is 7. The Bertz CT molecular complexity index is 1190. The molecule has 36 heavy (non-hydrogen) atoms. The smallest absolute Gasteiger partial charge is 0.246 e. The lowest BCUT2D eigenvalue weighted by molar-refractivity contribution is -0.171. The summed E-state index contributed by atoms with van der Waals surface area (Å²) in [5.74, 6) is 1.17. The maximum absolute atomic E-state index is 13.2. The summed E-state index contributed by atoms with van der Waals surface area (Å²) in [6, 6.07) is 5.23. The van der Waals surface area contributed by atoms with Gasteiger partial charge in [0.25, 0.3) is 0 Å². The lowest BCUT2D eigenvalue weighted by Crippen LogP contribution is -2.74. The lowest BCUT2D eigenvalue weighted by Gasteiger charge is -2.60. The summed E-state index contributed by atoms with van der Waals surface area (Å²) in [5.41, 5.74) is 1.11. The number of furan rings is 1. The van der Waals surface area contributed by atoms with Gasteiger partial charge in [-0.1, -0.05) is 13.0 Å². The molecule has 7 nitrogen and oxygen atoms in total. The number of likely N-dealkylation sites (N-methyl/N-ethyl adjacent to an activating group) is 2. The number of phenols is 1. The molecule has 7 heteroatoms. The van der Waals surface area contributed by atoms with Crippen LogP contribution in [0.5, 0.6) is 11.5 Å². The number of carbonyl (C=O) groups excluding carboxylic acids is 1. The second-order valence-corrected chi connectivity index (χ2v) is 11.3. The van der Waals surface area contributed by atoms with Gasteiger partial charge in [-0.05, 0) is 75.3 Å². The van der Waals surface area contributed by atoms with Crippen molar-refractivity contribution in [2.45, 2.75) is 75.2 Å². The quantitative estimate of drug-likeness (QED) is 0.573. The minimum Gasteiger partial charge on any atom is -0.504 e. The third kappa shape index (κ3) is 3.36. The summed E-state index contributed by atoms with van der Waals surface area (Å²) in [6.45, 7) is 6.16. The number of aromatic hydroxyl groups is 1. The molecular formula is C29H36N2O5. The van der Waals surface area contributed by atoms with Crippen LogP contribution in [0.3, 0.4) is 0 Å². The molecule has 2 aromatic rings. The molecule has 1 aromatic heterocycles. The van der Waals surface area contributed by atoms with Crippen LogP contribution in [0.2, 0.25) is 0 Å². The summed E-state index contributed by atoms with van der Waals surface area (Å²) in [5, 5.41) is 23.4. The zero-order valence-corrected chi connectivity index (χ0v) is 21.3. The van der Waals surface area contributed by atoms with Crippen LogP contribution in [-0.4, -0.2) is 69.8 Å². The molecule has 6 rings (SSSR count). The van der Waals surface area contributed by atoms with Crippen molar-refractivity contribution in [2.24, 2.45) is 5.92 Å². The first-order chi connectivity index (χ1) is 17.3. The molecule has 4 aliphatic rings. The van der Waals surface area contributed by atoms with Gasteiger partial charge < -0.3 is 24.3 Å². The molecule has 0 saturated heterocycles. The van der Waals surface area contributed by atoms with Crippen molar-refractivity contribution in [1.82, 2.24) is 9.80 Å². The standard InChI is InChI=1S/C29H36N2O5/c1-4-31(16-18-5-6-18)23-15-20-8-9-22(32)26-25(20)28(2)27(36-26)21(11-13-29(23,28)34)30(3)24(33)10-7-19-12-14-35-17-19/h7-10,12,14,17-18,21,23,27,32,34H,4-6,11,13,15-16H2,1-3H3/b10-7+/t21-,23-,27+,28+,29-/m1/s1. The largest absolute Gasteiger partial charge is 0.504 e. The van der Waals surface area contributed by atoms with Crippen LogP contribution in [0, 0.1) is 5.92 Å². The molecular weight excluding hydrogens is 456 g/mol. The second kappa shape index (κ2) is 8.38. The zero-order chi connectivity index (χ0) is 25.2. The van der Waals surface area contributed by atoms with E-state index in [-0.39, 0.29) is 23.7 Å². The van der Waals surface area contributed by atoms with Gasteiger partial charge in [0.05, 0.1) is 29.6 Å². The predicted octanol–water partition coefficient (Wildman–Crippen LogP) is 3.73. The fourth-order valence-electron chi connectivity index (χ4n) is 7.21. The summed E-state index contributed by atoms with van der Waals surface area (Å²) in [7, 11) is 1.80. The maximum atomic E-state index is 13.2. The summed E-state index contributed by atoms with van der Waals surface area (Å²) < 4.78 is 11.6. The van der Waals surface area contributed by atoms with Crippen molar-refractivity contribution in [3.63, 3.8) is 0 Å². The molecule has 0 unspecified atom stereocenters. The summed E-state index contributed by atoms with van der Waals surface area (Å²) in [4.78, 5) is 17.4. The molecule has 3 aliphatic carbocycles. The molecule has 0 bridgehead atoms. The van der Waals surface area contributed by atoms with Crippen molar-refractivity contribution in [1.29, 1.82) is 0 Å². The molecule has 2 N–H and O–H groups in total. The van der Waals surface area contributed by atoms with Gasteiger partial charge in [0.2, 0.25) is 5.91 Å². The van der Waals surface area contributed by atoms with Crippen molar-refractivity contribution in [2.75, 3.05) is 20.1 Å². The molecule has 1 amide bonds. The third-order valence-electron chi connectivity index (χ3n) is 9.43. The van der Waals surface area contributed by atoms with E-state index in [1.54, 1.807) is 48.8 Å². The van der Waals surface area contributed by atoms with Crippen LogP contribution >= 0.6 is 0 Å². The van der Waals surface area contributed by atoms with E-state index in [2.05, 4.69) is 18.7 Å². The normalized spacial score (nSPS) is 32.5. The van der Waals surface area contributed by atoms with E-state index >= 15 is 0 Å². The van der Waals surface area contributed by atoms with Crippen LogP contribution in [0.15, 0.2) is 41.2 Å². The molecule has 1 aliphatic heterocycles. The van der Waals surface area contributed by atoms with Gasteiger partial charge >= 0.3 is 0 Å². The number of aliphatic hydroxyl groups is 1. The Labute approximate surface area is 212 Å². The maximum Gasteiger partial charge on any atom is 0.246 e. The SMILES string of the molecule is CCN(CC1CC1)[C@@H]1Cc2ccc(O)c3c2[C@@]2(C)[C@@H](O3)[C@H](N(C)C(=O)/C=C/c3ccoc3)CC[C@@]12O. The van der Waals surface area contributed by atoms with E-state index in [0.29, 0.717) is 18.6 Å². The average molecular weight is 493 g/mol. The zero-order valence-electron chi connectivity index (χ0n) is 21.3. The number of hydrogen-bond acceptors (Lipinski definition) is 6. The van der Waals surface area contributed by atoms with Crippen LogP contribution in [-0.2, 0) is 16.6 Å². The van der Waals surface area contributed by atoms with Gasteiger partial charge in [0.15, 0.2) is 11.5 Å². The van der Waals surface area contributed by atoms with Crippen molar-refractivity contribution >= 4 is 12.0 Å². The summed E-state index contributed by atoms with van der Waals surface area (Å²) in [6.07, 6.45) is 10.5. The fourth-order valence-corrected chi connectivity index (χ4v) is 7.21. The van der Waals surface area contributed by atoms with Gasteiger partial charge in [0, 0.05) is 36.8 Å². The number of amides is 1. The molecule has 2 heterocycles. The van der Waals surface area contributed by atoms with E-state index in [1.807, 2.05) is 6.07 Å². The molecule has 192 valence electrons. The third-order valence-corrected chi connectivity index (χ3v) is 9.43. The number of phenolic OH excluding ortho intramolecular Hbond substituents is 1. The van der Waals surface area contributed by atoms with E-state index in [1.165, 1.54) is 12.8 Å². The number of hydrogen-bond donors (Lipinski definition) is 2. The molecule has 1 aromatic carbocycles. The Morgan fingerprint density at radius 2 is 2.06 bits per heavy atom. The van der Waals surface area contributed by atoms with Crippen molar-refractivity contribution in [3.05, 3.63) is 53.5 Å². The highest BCUT2D eigenvalue weighted by atomic mass is 16.5. The lowest BCUT2D eigenvalue weighted by atomic mass is 9.52. The van der Waals surface area contributed by atoms with Crippen LogP contribution in [0.25, 0.3) is 6.08 Å². The highest BCUT2D eigenvalue weighted by Gasteiger charge is 2.69. The number of nitrogens with zero attached hydrogens (tertiary/aromatic N) is 2. The van der Waals surface area contributed by atoms with E-state index in [4.69, 9.17) is 9.15 Å². The topological polar surface area (TPSA) is 86.4 Å². The van der Waals surface area contributed by atoms with Crippen molar-refractivity contribution < 1.29 is 24.2 Å². The molecule has 0 spiro atoms. The van der Waals surface area contributed by atoms with E-state index in [9.17, 15) is 15.0 Å². The highest BCUT2D eigenvalue weighted by Crippen LogP contribution is 2.62. The fraction of sp³-hybridized carbons (Fsp3) is 0.552. The van der Waals surface area contributed by atoms with Gasteiger partial charge in [-0.3, -0.25) is 9.69 Å². The first-order valence-corrected chi connectivity index (χ1v) is 13.2. The Balaban J connectivity index is 1.38. The van der Waals surface area contributed by atoms with E-state index < -0.39 is 17.1 Å². The minimum absolute atomic E-state index is 0.0369. The van der Waals surface area contributed by atoms with Gasteiger partial charge in [-0.15, -0.1) is 0 Å². The van der Waals surface area contributed by atoms with Crippen molar-refractivity contribution in [3.8, 4) is 11.5 Å². The Kier molecular flexibility index (Phi) is 5.50. The van der Waals surface area contributed by atoms with Gasteiger partial charge in [0.1, 0.15) is 6.10 Å². The molecule has 2 fully saturated rings. The number of ether oxygens (including phenoxy) is 1. The predicted molar refractivity (Wildman–Crippen MR) is 136 cm³/mol. The average Bonchev–Trinajstić information content (AvgIpc) is 3.40. The second-order valence-electron chi connectivity index (χ2n) is 11.3. The first kappa shape index (κ1) is 23.6. The van der Waals surface area contributed by atoms with Crippen LogP contribution in [0.4, 0.5) is 0 Å². The summed E-state index contributed by atoms with van der Waals surface area (Å²) >= 11 is 0. The number of benzene rings is 1. The number of carbonyl (C=O) groups is 1. The molecule has 2 saturated carbocycles. The minimum atomic E-state index is -1.03. The Morgan fingerprint density at radius 1 is 1.25 bits per heavy atom.